The zero-order valence-electron chi connectivity index (χ0n) is 7.83. The lowest BCUT2D eigenvalue weighted by Crippen LogP contribution is -2.25. The molecule has 0 radical (unpaired) electrons. The molecule has 0 aromatic heterocycles. The summed E-state index contributed by atoms with van der Waals surface area (Å²) in [6, 6.07) is 7.52. The van der Waals surface area contributed by atoms with Crippen LogP contribution in [0.4, 0.5) is 0 Å². The molecule has 0 spiro atoms. The van der Waals surface area contributed by atoms with Crippen LogP contribution in [-0.2, 0) is 4.74 Å². The lowest BCUT2D eigenvalue weighted by atomic mass is 10.0. The Bertz CT molecular complexity index is 258. The minimum Gasteiger partial charge on any atom is -0.375 e. The summed E-state index contributed by atoms with van der Waals surface area (Å²) < 4.78 is 5.27. The zero-order valence-corrected chi connectivity index (χ0v) is 8.58. The standard InChI is InChI=1S/C10H14ClNO/c1-7(12)10(13-2)8-3-5-9(11)6-4-8/h3-7,10H,12H2,1-2H3. The highest BCUT2D eigenvalue weighted by Crippen LogP contribution is 2.21. The Labute approximate surface area is 83.6 Å². The summed E-state index contributed by atoms with van der Waals surface area (Å²) in [7, 11) is 1.66. The van der Waals surface area contributed by atoms with Gasteiger partial charge in [-0.3, -0.25) is 0 Å². The number of nitrogens with two attached hydrogens (primary N) is 1. The topological polar surface area (TPSA) is 35.2 Å². The van der Waals surface area contributed by atoms with Gasteiger partial charge in [-0.05, 0) is 24.6 Å². The van der Waals surface area contributed by atoms with Crippen LogP contribution in [-0.4, -0.2) is 13.2 Å². The van der Waals surface area contributed by atoms with Crippen molar-refractivity contribution < 1.29 is 4.74 Å². The molecule has 3 heteroatoms. The van der Waals surface area contributed by atoms with E-state index >= 15 is 0 Å². The highest BCUT2D eigenvalue weighted by Gasteiger charge is 2.14. The van der Waals surface area contributed by atoms with Crippen molar-refractivity contribution in [2.45, 2.75) is 19.1 Å². The van der Waals surface area contributed by atoms with Crippen LogP contribution < -0.4 is 5.73 Å². The van der Waals surface area contributed by atoms with Crippen LogP contribution in [0.25, 0.3) is 0 Å². The van der Waals surface area contributed by atoms with Crippen molar-refractivity contribution in [2.24, 2.45) is 5.73 Å². The molecule has 1 rings (SSSR count). The van der Waals surface area contributed by atoms with Gasteiger partial charge in [0.2, 0.25) is 0 Å². The average Bonchev–Trinajstić information content (AvgIpc) is 2.09. The maximum atomic E-state index is 5.77. The molecule has 0 amide bonds. The molecule has 2 nitrogen and oxygen atoms in total. The molecule has 2 N–H and O–H groups in total. The van der Waals surface area contributed by atoms with Crippen LogP contribution in [0, 0.1) is 0 Å². The molecule has 0 aliphatic carbocycles. The number of ether oxygens (including phenoxy) is 1. The third-order valence-electron chi connectivity index (χ3n) is 1.93. The van der Waals surface area contributed by atoms with E-state index in [-0.39, 0.29) is 12.1 Å². The van der Waals surface area contributed by atoms with Gasteiger partial charge in [0.25, 0.3) is 0 Å². The number of benzene rings is 1. The molecule has 1 aromatic carbocycles. The first-order valence-electron chi connectivity index (χ1n) is 4.19. The molecule has 13 heavy (non-hydrogen) atoms. The van der Waals surface area contributed by atoms with Crippen LogP contribution in [0.1, 0.15) is 18.6 Å². The predicted molar refractivity (Wildman–Crippen MR) is 54.9 cm³/mol. The second-order valence-electron chi connectivity index (χ2n) is 3.07. The molecule has 2 atom stereocenters. The second-order valence-corrected chi connectivity index (χ2v) is 3.50. The van der Waals surface area contributed by atoms with Crippen molar-refractivity contribution >= 4 is 11.6 Å². The predicted octanol–water partition coefficient (Wildman–Crippen LogP) is 2.37. The van der Waals surface area contributed by atoms with Gasteiger partial charge in [-0.25, -0.2) is 0 Å². The minimum absolute atomic E-state index is 0.0221. The third kappa shape index (κ3) is 2.69. The van der Waals surface area contributed by atoms with Gasteiger partial charge in [-0.15, -0.1) is 0 Å². The molecular formula is C10H14ClNO. The van der Waals surface area contributed by atoms with Crippen LogP contribution in [0.15, 0.2) is 24.3 Å². The highest BCUT2D eigenvalue weighted by atomic mass is 35.5. The lowest BCUT2D eigenvalue weighted by Gasteiger charge is -2.19. The SMILES string of the molecule is COC(c1ccc(Cl)cc1)C(C)N. The van der Waals surface area contributed by atoms with Gasteiger partial charge in [0, 0.05) is 18.2 Å². The average molecular weight is 200 g/mol. The number of hydrogen-bond donors (Lipinski definition) is 1. The van der Waals surface area contributed by atoms with Gasteiger partial charge in [-0.1, -0.05) is 23.7 Å². The highest BCUT2D eigenvalue weighted by molar-refractivity contribution is 6.30. The molecule has 1 aromatic rings. The van der Waals surface area contributed by atoms with Crippen LogP contribution in [0.5, 0.6) is 0 Å². The van der Waals surface area contributed by atoms with E-state index < -0.39 is 0 Å². The van der Waals surface area contributed by atoms with E-state index in [1.54, 1.807) is 7.11 Å². The fraction of sp³-hybridized carbons (Fsp3) is 0.400. The van der Waals surface area contributed by atoms with Crippen molar-refractivity contribution in [1.82, 2.24) is 0 Å². The van der Waals surface area contributed by atoms with E-state index in [2.05, 4.69) is 0 Å². The van der Waals surface area contributed by atoms with Gasteiger partial charge in [0.15, 0.2) is 0 Å². The Kier molecular flexibility index (Phi) is 3.72. The smallest absolute Gasteiger partial charge is 0.0969 e. The first-order valence-corrected chi connectivity index (χ1v) is 4.56. The van der Waals surface area contributed by atoms with Crippen LogP contribution >= 0.6 is 11.6 Å². The second kappa shape index (κ2) is 4.61. The molecule has 0 aliphatic rings. The largest absolute Gasteiger partial charge is 0.375 e. The molecule has 0 heterocycles. The minimum atomic E-state index is -0.0581. The Hall–Kier alpha value is -0.570. The van der Waals surface area contributed by atoms with Crippen molar-refractivity contribution in [3.63, 3.8) is 0 Å². The van der Waals surface area contributed by atoms with Gasteiger partial charge in [0.1, 0.15) is 0 Å². The van der Waals surface area contributed by atoms with Gasteiger partial charge in [0.05, 0.1) is 6.10 Å². The zero-order chi connectivity index (χ0) is 9.84. The normalized spacial score (nSPS) is 15.4. The number of methoxy groups -OCH3 is 1. The quantitative estimate of drug-likeness (QED) is 0.812. The molecule has 72 valence electrons. The van der Waals surface area contributed by atoms with Crippen LogP contribution in [0.2, 0.25) is 5.02 Å². The fourth-order valence-electron chi connectivity index (χ4n) is 1.31. The Morgan fingerprint density at radius 1 is 1.31 bits per heavy atom. The monoisotopic (exact) mass is 199 g/mol. The van der Waals surface area contributed by atoms with E-state index in [1.807, 2.05) is 31.2 Å². The Morgan fingerprint density at radius 3 is 2.23 bits per heavy atom. The van der Waals surface area contributed by atoms with E-state index in [1.165, 1.54) is 0 Å². The summed E-state index contributed by atoms with van der Waals surface area (Å²) >= 11 is 5.77. The number of hydrogen-bond acceptors (Lipinski definition) is 2. The Morgan fingerprint density at radius 2 is 1.85 bits per heavy atom. The van der Waals surface area contributed by atoms with Crippen LogP contribution in [0.3, 0.4) is 0 Å². The van der Waals surface area contributed by atoms with Gasteiger partial charge < -0.3 is 10.5 Å². The summed E-state index contributed by atoms with van der Waals surface area (Å²) in [5, 5.41) is 0.725. The molecule has 0 saturated carbocycles. The van der Waals surface area contributed by atoms with E-state index in [0.717, 1.165) is 10.6 Å². The number of rotatable bonds is 3. The number of halogens is 1. The molecule has 0 bridgehead atoms. The fourth-order valence-corrected chi connectivity index (χ4v) is 1.43. The van der Waals surface area contributed by atoms with Gasteiger partial charge >= 0.3 is 0 Å². The van der Waals surface area contributed by atoms with E-state index in [4.69, 9.17) is 22.1 Å². The van der Waals surface area contributed by atoms with Crippen molar-refractivity contribution in [1.29, 1.82) is 0 Å². The summed E-state index contributed by atoms with van der Waals surface area (Å²) in [6.07, 6.45) is -0.0581. The van der Waals surface area contributed by atoms with Gasteiger partial charge in [-0.2, -0.15) is 0 Å². The summed E-state index contributed by atoms with van der Waals surface area (Å²) in [5.41, 5.74) is 6.82. The summed E-state index contributed by atoms with van der Waals surface area (Å²) in [4.78, 5) is 0. The van der Waals surface area contributed by atoms with E-state index in [9.17, 15) is 0 Å². The Balaban J connectivity index is 2.86. The summed E-state index contributed by atoms with van der Waals surface area (Å²) in [5.74, 6) is 0. The van der Waals surface area contributed by atoms with Crippen molar-refractivity contribution in [3.05, 3.63) is 34.9 Å². The maximum Gasteiger partial charge on any atom is 0.0969 e. The van der Waals surface area contributed by atoms with Crippen molar-refractivity contribution in [3.8, 4) is 0 Å². The molecule has 0 fully saturated rings. The molecule has 2 unspecified atom stereocenters. The third-order valence-corrected chi connectivity index (χ3v) is 2.18. The van der Waals surface area contributed by atoms with E-state index in [0.29, 0.717) is 0 Å². The first kappa shape index (κ1) is 10.5. The molecule has 0 aliphatic heterocycles. The van der Waals surface area contributed by atoms with Crippen molar-refractivity contribution in [2.75, 3.05) is 7.11 Å². The molecular weight excluding hydrogens is 186 g/mol. The summed E-state index contributed by atoms with van der Waals surface area (Å²) in [6.45, 7) is 1.92. The maximum absolute atomic E-state index is 5.77. The lowest BCUT2D eigenvalue weighted by molar-refractivity contribution is 0.0854. The molecule has 0 saturated heterocycles. The first-order chi connectivity index (χ1) is 6.15.